The fraction of sp³-hybridized carbons (Fsp3) is 0.514. The summed E-state index contributed by atoms with van der Waals surface area (Å²) in [7, 11) is 0. The molecule has 3 aliphatic heterocycles. The molecule has 16 heteroatoms. The summed E-state index contributed by atoms with van der Waals surface area (Å²) in [6.45, 7) is 4.73. The number of phenols is 1. The van der Waals surface area contributed by atoms with Crippen LogP contribution in [0.25, 0.3) is 0 Å². The van der Waals surface area contributed by atoms with Crippen molar-refractivity contribution in [2.75, 3.05) is 25.1 Å². The topological polar surface area (TPSA) is 174 Å². The molecule has 4 bridgehead atoms. The van der Waals surface area contributed by atoms with Crippen molar-refractivity contribution in [2.24, 2.45) is 5.92 Å². The zero-order chi connectivity index (χ0) is 36.2. The number of benzene rings is 1. The van der Waals surface area contributed by atoms with Gasteiger partial charge >= 0.3 is 0 Å². The van der Waals surface area contributed by atoms with Gasteiger partial charge in [0.1, 0.15) is 45.3 Å². The maximum atomic E-state index is 14.3. The minimum Gasteiger partial charge on any atom is -0.508 e. The number of fused-ring (bicyclic) bond motifs is 7. The molecule has 3 aliphatic rings. The highest BCUT2D eigenvalue weighted by atomic mass is 32.2. The lowest BCUT2D eigenvalue weighted by molar-refractivity contribution is -0.140. The van der Waals surface area contributed by atoms with Gasteiger partial charge in [-0.25, -0.2) is 9.97 Å². The number of aromatic nitrogens is 2. The van der Waals surface area contributed by atoms with Crippen LogP contribution in [-0.4, -0.2) is 97.6 Å². The first-order chi connectivity index (χ1) is 24.5. The van der Waals surface area contributed by atoms with Crippen LogP contribution in [0.1, 0.15) is 94.6 Å². The number of phenolic OH excluding ortho intramolecular Hbond substituents is 1. The number of rotatable bonds is 6. The first-order valence-corrected chi connectivity index (χ1v) is 20.4. The largest absolute Gasteiger partial charge is 0.508 e. The van der Waals surface area contributed by atoms with Crippen molar-refractivity contribution < 1.29 is 29.1 Å². The summed E-state index contributed by atoms with van der Waals surface area (Å²) < 4.78 is 0. The number of hydrogen-bond donors (Lipinski definition) is 4. The van der Waals surface area contributed by atoms with Crippen LogP contribution in [0.2, 0.25) is 0 Å². The molecule has 1 aromatic carbocycles. The van der Waals surface area contributed by atoms with Gasteiger partial charge in [-0.2, -0.15) is 11.8 Å². The molecule has 4 N–H and O–H groups in total. The number of thioether (sulfide) groups is 1. The number of carbonyl (C=O) groups is 5. The molecule has 6 rings (SSSR count). The van der Waals surface area contributed by atoms with Crippen molar-refractivity contribution in [3.63, 3.8) is 0 Å². The van der Waals surface area contributed by atoms with Gasteiger partial charge in [-0.05, 0) is 67.7 Å². The molecule has 5 heterocycles. The molecule has 0 spiro atoms. The van der Waals surface area contributed by atoms with Crippen molar-refractivity contribution >= 4 is 64.0 Å². The van der Waals surface area contributed by atoms with Crippen molar-refractivity contribution in [3.05, 3.63) is 62.0 Å². The molecule has 5 amide bonds. The molecule has 2 fully saturated rings. The lowest BCUT2D eigenvalue weighted by atomic mass is 10.0. The van der Waals surface area contributed by atoms with E-state index in [0.29, 0.717) is 54.5 Å². The molecule has 3 aromatic rings. The van der Waals surface area contributed by atoms with Gasteiger partial charge in [-0.1, -0.05) is 26.0 Å². The lowest BCUT2D eigenvalue weighted by Crippen LogP contribution is -2.54. The summed E-state index contributed by atoms with van der Waals surface area (Å²) >= 11 is 4.12. The average Bonchev–Trinajstić information content (AvgIpc) is 3.94. The van der Waals surface area contributed by atoms with E-state index in [1.54, 1.807) is 39.6 Å². The minimum atomic E-state index is -1.02. The second-order valence-corrected chi connectivity index (χ2v) is 16.2. The smallest absolute Gasteiger partial charge is 0.271 e. The van der Waals surface area contributed by atoms with Crippen LogP contribution >= 0.6 is 34.4 Å². The summed E-state index contributed by atoms with van der Waals surface area (Å²) in [5.41, 5.74) is 1.02. The van der Waals surface area contributed by atoms with Gasteiger partial charge in [-0.3, -0.25) is 24.0 Å². The number of amides is 5. The van der Waals surface area contributed by atoms with E-state index in [4.69, 9.17) is 0 Å². The lowest BCUT2D eigenvalue weighted by Gasteiger charge is -2.30. The summed E-state index contributed by atoms with van der Waals surface area (Å²) in [6, 6.07) is 2.97. The highest BCUT2D eigenvalue weighted by Gasteiger charge is 2.40. The zero-order valence-corrected chi connectivity index (χ0v) is 31.2. The molecule has 51 heavy (non-hydrogen) atoms. The van der Waals surface area contributed by atoms with Crippen LogP contribution in [0.4, 0.5) is 0 Å². The number of carbonyl (C=O) groups excluding carboxylic acids is 5. The quantitative estimate of drug-likeness (QED) is 0.293. The van der Waals surface area contributed by atoms with E-state index in [-0.39, 0.29) is 47.3 Å². The minimum absolute atomic E-state index is 0.0783. The fourth-order valence-corrected chi connectivity index (χ4v) is 9.30. The van der Waals surface area contributed by atoms with Crippen molar-refractivity contribution in [3.8, 4) is 5.75 Å². The van der Waals surface area contributed by atoms with Gasteiger partial charge < -0.3 is 30.9 Å². The van der Waals surface area contributed by atoms with E-state index in [9.17, 15) is 29.1 Å². The average molecular weight is 754 g/mol. The monoisotopic (exact) mass is 753 g/mol. The Morgan fingerprint density at radius 3 is 2.04 bits per heavy atom. The maximum absolute atomic E-state index is 14.3. The Balaban J connectivity index is 1.37. The van der Waals surface area contributed by atoms with Gasteiger partial charge in [0.2, 0.25) is 17.7 Å². The third-order valence-electron chi connectivity index (χ3n) is 9.59. The van der Waals surface area contributed by atoms with Crippen LogP contribution in [0.5, 0.6) is 5.75 Å². The number of hydrogen-bond acceptors (Lipinski definition) is 11. The zero-order valence-electron chi connectivity index (χ0n) is 28.8. The van der Waals surface area contributed by atoms with E-state index in [0.717, 1.165) is 12.0 Å². The Bertz CT molecular complexity index is 1760. The number of thiazole rings is 2. The molecule has 2 saturated heterocycles. The Hall–Kier alpha value is -4.02. The Kier molecular flexibility index (Phi) is 11.6. The van der Waals surface area contributed by atoms with Gasteiger partial charge in [0, 0.05) is 30.3 Å². The molecular formula is C35H43N7O6S3. The van der Waals surface area contributed by atoms with E-state index in [2.05, 4.69) is 25.9 Å². The molecule has 0 saturated carbocycles. The third-order valence-corrected chi connectivity index (χ3v) is 12.1. The second kappa shape index (κ2) is 16.1. The van der Waals surface area contributed by atoms with Crippen molar-refractivity contribution in [1.82, 2.24) is 35.7 Å². The Labute approximate surface area is 309 Å². The molecule has 5 atom stereocenters. The van der Waals surface area contributed by atoms with Gasteiger partial charge in [-0.15, -0.1) is 22.7 Å². The summed E-state index contributed by atoms with van der Waals surface area (Å²) in [5.74, 6) is -1.31. The molecule has 0 aliphatic carbocycles. The molecule has 2 aromatic heterocycles. The maximum Gasteiger partial charge on any atom is 0.271 e. The van der Waals surface area contributed by atoms with E-state index in [1.807, 2.05) is 20.1 Å². The SMILES string of the molecule is CSCC[C@@H]1NC(=O)c2csc(n2)[C@H](C(C)C)NC(=O)[C@@H]2CCCN2C(=O)[C@H](Cc2ccc(O)cc2)NC(=O)c2csc(n2)[C@@H]2CCCN2C1=O. The van der Waals surface area contributed by atoms with Crippen LogP contribution in [0.3, 0.4) is 0 Å². The van der Waals surface area contributed by atoms with Crippen molar-refractivity contribution in [1.29, 1.82) is 0 Å². The molecule has 272 valence electrons. The van der Waals surface area contributed by atoms with Crippen molar-refractivity contribution in [2.45, 2.75) is 82.6 Å². The Morgan fingerprint density at radius 2 is 1.39 bits per heavy atom. The normalized spacial score (nSPS) is 24.9. The predicted octanol–water partition coefficient (Wildman–Crippen LogP) is 3.68. The first-order valence-electron chi connectivity index (χ1n) is 17.2. The van der Waals surface area contributed by atoms with Crippen LogP contribution in [-0.2, 0) is 20.8 Å². The van der Waals surface area contributed by atoms with Crippen LogP contribution in [0.15, 0.2) is 35.0 Å². The third kappa shape index (κ3) is 8.23. The predicted molar refractivity (Wildman–Crippen MR) is 196 cm³/mol. The number of nitrogens with zero attached hydrogens (tertiary/aromatic N) is 4. The highest BCUT2D eigenvalue weighted by molar-refractivity contribution is 7.98. The number of aromatic hydroxyl groups is 1. The number of nitrogens with one attached hydrogen (secondary N) is 3. The van der Waals surface area contributed by atoms with Crippen LogP contribution < -0.4 is 16.0 Å². The van der Waals surface area contributed by atoms with Gasteiger partial charge in [0.25, 0.3) is 11.8 Å². The molecule has 0 unspecified atom stereocenters. The molecule has 13 nitrogen and oxygen atoms in total. The van der Waals surface area contributed by atoms with Gasteiger partial charge in [0.05, 0.1) is 12.1 Å². The Morgan fingerprint density at radius 1 is 0.824 bits per heavy atom. The van der Waals surface area contributed by atoms with E-state index in [1.165, 1.54) is 39.7 Å². The summed E-state index contributed by atoms with van der Waals surface area (Å²) in [5, 5.41) is 23.2. The summed E-state index contributed by atoms with van der Waals surface area (Å²) in [4.78, 5) is 82.1. The van der Waals surface area contributed by atoms with Crippen LogP contribution in [0, 0.1) is 5.92 Å². The van der Waals surface area contributed by atoms with E-state index >= 15 is 0 Å². The molecule has 0 radical (unpaired) electrons. The fourth-order valence-electron chi connectivity index (χ4n) is 6.86. The highest BCUT2D eigenvalue weighted by Crippen LogP contribution is 2.35. The summed E-state index contributed by atoms with van der Waals surface area (Å²) in [6.07, 6.45) is 4.98. The second-order valence-electron chi connectivity index (χ2n) is 13.5. The van der Waals surface area contributed by atoms with Gasteiger partial charge in [0.15, 0.2) is 0 Å². The van der Waals surface area contributed by atoms with E-state index < -0.39 is 41.9 Å². The molecular weight excluding hydrogens is 711 g/mol. The standard InChI is InChI=1S/C35H43N7O6S3/c1-19(2)28-33-39-25(18-51-33)29(44)36-22(12-15-49-3)34(47)42-14-5-7-27(42)32-38-24(17-50-32)30(45)37-23(16-20-8-10-21(43)11-9-20)35(48)41-13-4-6-26(41)31(46)40-28/h8-11,17-19,22-23,26-28,43H,4-7,12-16H2,1-3H3,(H,36,44)(H,37,45)(H,40,46)/t22-,23-,26-,27-,28-/m0/s1. The first kappa shape index (κ1) is 36.8.